The monoisotopic (exact) mass is 426 g/mol. The Hall–Kier alpha value is -2.70. The van der Waals surface area contributed by atoms with Crippen molar-refractivity contribution in [2.24, 2.45) is 0 Å². The molecule has 0 fully saturated rings. The predicted molar refractivity (Wildman–Crippen MR) is 84.1 cm³/mol. The van der Waals surface area contributed by atoms with E-state index in [4.69, 9.17) is 9.15 Å². The maximum absolute atomic E-state index is 13.9. The Labute approximate surface area is 156 Å². The summed E-state index contributed by atoms with van der Waals surface area (Å²) in [5.41, 5.74) is -5.82. The van der Waals surface area contributed by atoms with Crippen molar-refractivity contribution >= 4 is 16.1 Å². The lowest BCUT2D eigenvalue weighted by molar-refractivity contribution is -0.143. The average Bonchev–Trinajstić information content (AvgIpc) is 2.97. The van der Waals surface area contributed by atoms with E-state index in [-0.39, 0.29) is 24.0 Å². The number of ether oxygens (including phenoxy) is 1. The third-order valence-electron chi connectivity index (χ3n) is 3.30. The number of halogens is 4. The second-order valence-corrected chi connectivity index (χ2v) is 6.96. The molecule has 0 bridgehead atoms. The number of alkyl halides is 3. The molecule has 2 rings (SSSR count). The number of rotatable bonds is 7. The van der Waals surface area contributed by atoms with Gasteiger partial charge in [0.25, 0.3) is 0 Å². The Bertz CT molecular complexity index is 958. The summed E-state index contributed by atoms with van der Waals surface area (Å²) in [4.78, 5) is 11.9. The number of carbonyl (C=O) groups is 1. The molecule has 8 nitrogen and oxygen atoms in total. The molecule has 2 aromatic rings. The quantitative estimate of drug-likeness (QED) is 0.288. The number of aryl methyl sites for hydroxylation is 1. The van der Waals surface area contributed by atoms with Crippen LogP contribution in [0.5, 0.6) is 5.75 Å². The fraction of sp³-hybridized carbons (Fsp3) is 0.400. The van der Waals surface area contributed by atoms with Gasteiger partial charge in [0.05, 0.1) is 18.9 Å². The highest BCUT2D eigenvalue weighted by molar-refractivity contribution is 7.88. The van der Waals surface area contributed by atoms with Gasteiger partial charge < -0.3 is 13.3 Å². The molecule has 0 radical (unpaired) electrons. The third-order valence-corrected chi connectivity index (χ3v) is 4.28. The molecule has 154 valence electrons. The first kappa shape index (κ1) is 21.6. The van der Waals surface area contributed by atoms with E-state index in [9.17, 15) is 30.8 Å². The van der Waals surface area contributed by atoms with Gasteiger partial charge in [-0.25, -0.2) is 4.39 Å². The third kappa shape index (κ3) is 5.18. The fourth-order valence-corrected chi connectivity index (χ4v) is 2.64. The molecule has 0 saturated carbocycles. The molecule has 0 aliphatic carbocycles. The Morgan fingerprint density at radius 3 is 2.46 bits per heavy atom. The van der Waals surface area contributed by atoms with Crippen LogP contribution in [0.25, 0.3) is 0 Å². The summed E-state index contributed by atoms with van der Waals surface area (Å²) in [6.07, 6.45) is -0.412. The van der Waals surface area contributed by atoms with Crippen molar-refractivity contribution in [1.82, 2.24) is 10.2 Å². The standard InChI is InChI=1S/C15H14F4N2O6S/c1-3-25-13(22)7-12(14-21-20-8(2)26-14)9-4-10(16)6-11(5-9)27-28(23,24)15(17,18)19/h4-6,12H,3,7H2,1-2H3. The molecule has 1 atom stereocenters. The minimum absolute atomic E-state index is 0.0513. The van der Waals surface area contributed by atoms with Gasteiger partial charge in [0.15, 0.2) is 0 Å². The molecule has 0 aliphatic heterocycles. The zero-order valence-electron chi connectivity index (χ0n) is 14.5. The fourth-order valence-electron chi connectivity index (χ4n) is 2.19. The first-order valence-corrected chi connectivity index (χ1v) is 9.10. The first-order valence-electron chi connectivity index (χ1n) is 7.69. The van der Waals surface area contributed by atoms with E-state index in [1.165, 1.54) is 6.92 Å². The average molecular weight is 426 g/mol. The number of hydrogen-bond acceptors (Lipinski definition) is 8. The van der Waals surface area contributed by atoms with Gasteiger partial charge in [0, 0.05) is 13.0 Å². The highest BCUT2D eigenvalue weighted by Crippen LogP contribution is 2.33. The first-order chi connectivity index (χ1) is 12.9. The van der Waals surface area contributed by atoms with Gasteiger partial charge in [0.2, 0.25) is 11.8 Å². The second kappa shape index (κ2) is 8.12. The van der Waals surface area contributed by atoms with E-state index in [1.54, 1.807) is 6.92 Å². The van der Waals surface area contributed by atoms with Crippen LogP contribution in [0.4, 0.5) is 17.6 Å². The van der Waals surface area contributed by atoms with Crippen molar-refractivity contribution in [2.75, 3.05) is 6.61 Å². The van der Waals surface area contributed by atoms with E-state index in [0.29, 0.717) is 6.07 Å². The number of benzene rings is 1. The normalized spacial score (nSPS) is 13.2. The second-order valence-electron chi connectivity index (χ2n) is 5.42. The van der Waals surface area contributed by atoms with Crippen LogP contribution < -0.4 is 4.18 Å². The van der Waals surface area contributed by atoms with Crippen molar-refractivity contribution < 1.29 is 44.1 Å². The molecule has 0 saturated heterocycles. The van der Waals surface area contributed by atoms with E-state index in [1.807, 2.05) is 0 Å². The topological polar surface area (TPSA) is 109 Å². The van der Waals surface area contributed by atoms with Crippen LogP contribution in [0.3, 0.4) is 0 Å². The van der Waals surface area contributed by atoms with Crippen LogP contribution in [-0.2, 0) is 19.6 Å². The Kier molecular flexibility index (Phi) is 6.27. The van der Waals surface area contributed by atoms with Crippen LogP contribution in [0.2, 0.25) is 0 Å². The number of nitrogens with zero attached hydrogens (tertiary/aromatic N) is 2. The lowest BCUT2D eigenvalue weighted by Gasteiger charge is -2.15. The van der Waals surface area contributed by atoms with Gasteiger partial charge in [-0.1, -0.05) is 0 Å². The number of hydrogen-bond donors (Lipinski definition) is 0. The van der Waals surface area contributed by atoms with Gasteiger partial charge in [-0.15, -0.1) is 10.2 Å². The molecule has 1 unspecified atom stereocenters. The van der Waals surface area contributed by atoms with Crippen molar-refractivity contribution in [3.05, 3.63) is 41.4 Å². The number of carbonyl (C=O) groups excluding carboxylic acids is 1. The van der Waals surface area contributed by atoms with E-state index >= 15 is 0 Å². The van der Waals surface area contributed by atoms with Crippen LogP contribution in [-0.4, -0.2) is 36.7 Å². The van der Waals surface area contributed by atoms with Crippen molar-refractivity contribution in [3.8, 4) is 5.75 Å². The lowest BCUT2D eigenvalue weighted by Crippen LogP contribution is -2.28. The maximum atomic E-state index is 13.9. The smallest absolute Gasteiger partial charge is 0.466 e. The molecule has 0 amide bonds. The van der Waals surface area contributed by atoms with Crippen molar-refractivity contribution in [2.45, 2.75) is 31.7 Å². The van der Waals surface area contributed by atoms with Gasteiger partial charge in [-0.05, 0) is 24.6 Å². The molecule has 1 heterocycles. The van der Waals surface area contributed by atoms with Crippen LogP contribution in [0.15, 0.2) is 22.6 Å². The number of esters is 1. The summed E-state index contributed by atoms with van der Waals surface area (Å²) in [6.45, 7) is 3.06. The molecule has 1 aromatic carbocycles. The molecule has 0 aliphatic rings. The highest BCUT2D eigenvalue weighted by Gasteiger charge is 2.48. The van der Waals surface area contributed by atoms with Crippen LogP contribution in [0.1, 0.15) is 36.6 Å². The summed E-state index contributed by atoms with van der Waals surface area (Å²) in [5.74, 6) is -3.88. The summed E-state index contributed by atoms with van der Waals surface area (Å²) in [6, 6.07) is 2.15. The van der Waals surface area contributed by atoms with Gasteiger partial charge >= 0.3 is 21.6 Å². The molecule has 0 spiro atoms. The van der Waals surface area contributed by atoms with Crippen LogP contribution in [0, 0.1) is 12.7 Å². The van der Waals surface area contributed by atoms with Crippen molar-refractivity contribution in [1.29, 1.82) is 0 Å². The summed E-state index contributed by atoms with van der Waals surface area (Å²) in [5, 5.41) is 7.31. The zero-order chi connectivity index (χ0) is 21.1. The Morgan fingerprint density at radius 1 is 1.25 bits per heavy atom. The zero-order valence-corrected chi connectivity index (χ0v) is 15.3. The summed E-state index contributed by atoms with van der Waals surface area (Å²) >= 11 is 0. The molecular weight excluding hydrogens is 412 g/mol. The Morgan fingerprint density at radius 2 is 1.93 bits per heavy atom. The molecule has 0 N–H and O–H groups in total. The van der Waals surface area contributed by atoms with E-state index in [2.05, 4.69) is 14.4 Å². The van der Waals surface area contributed by atoms with Crippen molar-refractivity contribution in [3.63, 3.8) is 0 Å². The molecule has 13 heteroatoms. The summed E-state index contributed by atoms with van der Waals surface area (Å²) in [7, 11) is -6.01. The van der Waals surface area contributed by atoms with E-state index < -0.39 is 45.5 Å². The summed E-state index contributed by atoms with van der Waals surface area (Å²) < 4.78 is 87.8. The van der Waals surface area contributed by atoms with E-state index in [0.717, 1.165) is 12.1 Å². The molecular formula is C15H14F4N2O6S. The SMILES string of the molecule is CCOC(=O)CC(c1cc(F)cc(OS(=O)(=O)C(F)(F)F)c1)c1nnc(C)o1. The maximum Gasteiger partial charge on any atom is 0.534 e. The van der Waals surface area contributed by atoms with Gasteiger partial charge in [-0.2, -0.15) is 21.6 Å². The minimum atomic E-state index is -6.01. The van der Waals surface area contributed by atoms with Gasteiger partial charge in [0.1, 0.15) is 11.6 Å². The van der Waals surface area contributed by atoms with Crippen LogP contribution >= 0.6 is 0 Å². The lowest BCUT2D eigenvalue weighted by atomic mass is 9.95. The molecule has 1 aromatic heterocycles. The minimum Gasteiger partial charge on any atom is -0.466 e. The molecule has 28 heavy (non-hydrogen) atoms. The Balaban J connectivity index is 2.46. The highest BCUT2D eigenvalue weighted by atomic mass is 32.2. The largest absolute Gasteiger partial charge is 0.534 e. The van der Waals surface area contributed by atoms with Gasteiger partial charge in [-0.3, -0.25) is 4.79 Å². The number of aromatic nitrogens is 2. The predicted octanol–water partition coefficient (Wildman–Crippen LogP) is 2.83.